The quantitative estimate of drug-likeness (QED) is 0.813. The number of hydrogen-bond donors (Lipinski definition) is 0. The molecule has 2 aromatic rings. The average Bonchev–Trinajstić information content (AvgIpc) is 2.76. The van der Waals surface area contributed by atoms with Crippen LogP contribution in [0, 0.1) is 12.7 Å². The van der Waals surface area contributed by atoms with Gasteiger partial charge in [-0.1, -0.05) is 6.92 Å². The highest BCUT2D eigenvalue weighted by Crippen LogP contribution is 2.24. The molecule has 0 aliphatic rings. The molecule has 0 bridgehead atoms. The monoisotopic (exact) mass is 340 g/mol. The van der Waals surface area contributed by atoms with Crippen LogP contribution < -0.4 is 4.74 Å². The molecular weight excluding hydrogens is 323 g/mol. The number of rotatable bonds is 5. The first-order valence-corrected chi connectivity index (χ1v) is 7.49. The van der Waals surface area contributed by atoms with E-state index in [0.29, 0.717) is 17.9 Å². The van der Waals surface area contributed by atoms with Gasteiger partial charge in [-0.25, -0.2) is 4.39 Å². The zero-order chi connectivity index (χ0) is 14.7. The Hall–Kier alpha value is -1.36. The first-order chi connectivity index (χ1) is 9.56. The van der Waals surface area contributed by atoms with Gasteiger partial charge in [0.25, 0.3) is 0 Å². The van der Waals surface area contributed by atoms with Crippen LogP contribution >= 0.6 is 15.9 Å². The molecule has 1 heterocycles. The predicted octanol–water partition coefficient (Wildman–Crippen LogP) is 4.25. The Morgan fingerprint density at radius 3 is 2.70 bits per heavy atom. The topological polar surface area (TPSA) is 27.1 Å². The standard InChI is InChI=1S/C15H18BrFN2O/c1-4-13-15(16)14(19(5-2)18-13)9-20-11-6-7-12(17)10(3)8-11/h6-8H,4-5,9H2,1-3H3. The third-order valence-electron chi connectivity index (χ3n) is 3.20. The maximum Gasteiger partial charge on any atom is 0.131 e. The second-order valence-corrected chi connectivity index (χ2v) is 5.37. The van der Waals surface area contributed by atoms with Crippen molar-refractivity contribution in [2.75, 3.05) is 0 Å². The largest absolute Gasteiger partial charge is 0.487 e. The summed E-state index contributed by atoms with van der Waals surface area (Å²) in [7, 11) is 0. The molecule has 0 aliphatic carbocycles. The fraction of sp³-hybridized carbons (Fsp3) is 0.400. The Kier molecular flexibility index (Phi) is 4.81. The molecule has 0 aliphatic heterocycles. The van der Waals surface area contributed by atoms with Gasteiger partial charge in [-0.05, 0) is 60.0 Å². The van der Waals surface area contributed by atoms with Gasteiger partial charge in [-0.3, -0.25) is 4.68 Å². The van der Waals surface area contributed by atoms with Crippen LogP contribution in [0.25, 0.3) is 0 Å². The first-order valence-electron chi connectivity index (χ1n) is 6.69. The highest BCUT2D eigenvalue weighted by atomic mass is 79.9. The van der Waals surface area contributed by atoms with Gasteiger partial charge in [0, 0.05) is 6.54 Å². The minimum Gasteiger partial charge on any atom is -0.487 e. The molecule has 0 fully saturated rings. The molecule has 0 spiro atoms. The molecule has 20 heavy (non-hydrogen) atoms. The summed E-state index contributed by atoms with van der Waals surface area (Å²) in [4.78, 5) is 0. The Balaban J connectivity index is 2.17. The van der Waals surface area contributed by atoms with Gasteiger partial charge in [0.2, 0.25) is 0 Å². The molecule has 0 atom stereocenters. The molecule has 5 heteroatoms. The van der Waals surface area contributed by atoms with Crippen molar-refractivity contribution in [1.82, 2.24) is 9.78 Å². The van der Waals surface area contributed by atoms with E-state index in [0.717, 1.165) is 28.8 Å². The first kappa shape index (κ1) is 15.0. The van der Waals surface area contributed by atoms with E-state index in [2.05, 4.69) is 28.0 Å². The van der Waals surface area contributed by atoms with E-state index in [1.165, 1.54) is 6.07 Å². The number of nitrogens with zero attached hydrogens (tertiary/aromatic N) is 2. The van der Waals surface area contributed by atoms with E-state index in [1.807, 2.05) is 11.6 Å². The van der Waals surface area contributed by atoms with E-state index in [4.69, 9.17) is 4.74 Å². The summed E-state index contributed by atoms with van der Waals surface area (Å²) < 4.78 is 21.9. The van der Waals surface area contributed by atoms with Gasteiger partial charge >= 0.3 is 0 Å². The number of benzene rings is 1. The Morgan fingerprint density at radius 1 is 1.35 bits per heavy atom. The summed E-state index contributed by atoms with van der Waals surface area (Å²) in [6.07, 6.45) is 0.871. The molecule has 0 N–H and O–H groups in total. The van der Waals surface area contributed by atoms with Gasteiger partial charge in [-0.15, -0.1) is 0 Å². The lowest BCUT2D eigenvalue weighted by Crippen LogP contribution is -2.06. The zero-order valence-electron chi connectivity index (χ0n) is 11.9. The maximum atomic E-state index is 13.2. The van der Waals surface area contributed by atoms with Crippen LogP contribution in [-0.4, -0.2) is 9.78 Å². The van der Waals surface area contributed by atoms with Crippen LogP contribution in [0.2, 0.25) is 0 Å². The van der Waals surface area contributed by atoms with Crippen LogP contribution in [0.3, 0.4) is 0 Å². The van der Waals surface area contributed by atoms with Crippen LogP contribution in [-0.2, 0) is 19.6 Å². The lowest BCUT2D eigenvalue weighted by Gasteiger charge is -2.09. The van der Waals surface area contributed by atoms with Crippen LogP contribution in [0.4, 0.5) is 4.39 Å². The lowest BCUT2D eigenvalue weighted by atomic mass is 10.2. The van der Waals surface area contributed by atoms with Crippen molar-refractivity contribution in [3.8, 4) is 5.75 Å². The van der Waals surface area contributed by atoms with Crippen LogP contribution in [0.15, 0.2) is 22.7 Å². The maximum absolute atomic E-state index is 13.2. The van der Waals surface area contributed by atoms with Crippen molar-refractivity contribution in [3.63, 3.8) is 0 Å². The smallest absolute Gasteiger partial charge is 0.131 e. The SMILES string of the molecule is CCc1nn(CC)c(COc2ccc(F)c(C)c2)c1Br. The van der Waals surface area contributed by atoms with Gasteiger partial charge in [0.1, 0.15) is 18.2 Å². The van der Waals surface area contributed by atoms with Crippen molar-refractivity contribution in [2.45, 2.75) is 40.3 Å². The van der Waals surface area contributed by atoms with Crippen molar-refractivity contribution < 1.29 is 9.13 Å². The second kappa shape index (κ2) is 6.39. The van der Waals surface area contributed by atoms with Crippen molar-refractivity contribution in [2.24, 2.45) is 0 Å². The van der Waals surface area contributed by atoms with Gasteiger partial charge < -0.3 is 4.74 Å². The molecule has 2 rings (SSSR count). The molecule has 0 saturated heterocycles. The summed E-state index contributed by atoms with van der Waals surface area (Å²) in [5, 5.41) is 4.52. The van der Waals surface area contributed by atoms with Crippen LogP contribution in [0.1, 0.15) is 30.8 Å². The minimum atomic E-state index is -0.217. The lowest BCUT2D eigenvalue weighted by molar-refractivity contribution is 0.291. The normalized spacial score (nSPS) is 10.8. The number of hydrogen-bond acceptors (Lipinski definition) is 2. The van der Waals surface area contributed by atoms with Crippen molar-refractivity contribution in [3.05, 3.63) is 45.4 Å². The summed E-state index contributed by atoms with van der Waals surface area (Å²) in [6, 6.07) is 4.77. The molecule has 0 radical (unpaired) electrons. The van der Waals surface area contributed by atoms with E-state index in [-0.39, 0.29) is 5.82 Å². The molecular formula is C15H18BrFN2O. The molecule has 0 unspecified atom stereocenters. The predicted molar refractivity (Wildman–Crippen MR) is 80.4 cm³/mol. The van der Waals surface area contributed by atoms with Crippen molar-refractivity contribution in [1.29, 1.82) is 0 Å². The van der Waals surface area contributed by atoms with E-state index in [1.54, 1.807) is 19.1 Å². The molecule has 1 aromatic heterocycles. The Morgan fingerprint density at radius 2 is 2.10 bits per heavy atom. The van der Waals surface area contributed by atoms with Gasteiger partial charge in [-0.2, -0.15) is 5.10 Å². The van der Waals surface area contributed by atoms with Gasteiger partial charge in [0.05, 0.1) is 15.9 Å². The van der Waals surface area contributed by atoms with E-state index >= 15 is 0 Å². The fourth-order valence-corrected chi connectivity index (χ4v) is 2.69. The van der Waals surface area contributed by atoms with Crippen LogP contribution in [0.5, 0.6) is 5.75 Å². The highest BCUT2D eigenvalue weighted by molar-refractivity contribution is 9.10. The molecule has 0 saturated carbocycles. The summed E-state index contributed by atoms with van der Waals surface area (Å²) in [5.41, 5.74) is 2.62. The van der Waals surface area contributed by atoms with E-state index < -0.39 is 0 Å². The van der Waals surface area contributed by atoms with E-state index in [9.17, 15) is 4.39 Å². The summed E-state index contributed by atoms with van der Waals surface area (Å²) >= 11 is 3.58. The third kappa shape index (κ3) is 3.03. The fourth-order valence-electron chi connectivity index (χ4n) is 2.01. The number of ether oxygens (including phenoxy) is 1. The number of halogens is 2. The third-order valence-corrected chi connectivity index (χ3v) is 4.11. The Bertz CT molecular complexity index is 610. The molecule has 0 amide bonds. The number of aryl methyl sites for hydroxylation is 3. The molecule has 1 aromatic carbocycles. The minimum absolute atomic E-state index is 0.217. The number of aromatic nitrogens is 2. The molecule has 3 nitrogen and oxygen atoms in total. The van der Waals surface area contributed by atoms with Crippen molar-refractivity contribution >= 4 is 15.9 Å². The van der Waals surface area contributed by atoms with Gasteiger partial charge in [0.15, 0.2) is 0 Å². The highest BCUT2D eigenvalue weighted by Gasteiger charge is 2.14. The average molecular weight is 341 g/mol. The zero-order valence-corrected chi connectivity index (χ0v) is 13.5. The summed E-state index contributed by atoms with van der Waals surface area (Å²) in [5.74, 6) is 0.447. The summed E-state index contributed by atoms with van der Waals surface area (Å²) in [6.45, 7) is 7.04. The Labute approximate surface area is 126 Å². The second-order valence-electron chi connectivity index (χ2n) is 4.58. The molecule has 108 valence electrons.